The van der Waals surface area contributed by atoms with Gasteiger partial charge in [0.2, 0.25) is 5.91 Å². The standard InChI is InChI=1S/C22H24N4O3/c27-20(18-7-4-8-29-18)25-13-22-9-17(22)12-26(14-22)21(28)16-10-23-19(24-11-16)15-5-2-1-3-6-15/h1-3,5-6,10-11,17-18H,4,7-9,12-14H2,(H,25,27)/t17-,18?,22-/m1/s1. The summed E-state index contributed by atoms with van der Waals surface area (Å²) in [6.45, 7) is 2.68. The zero-order chi connectivity index (χ0) is 19.8. The minimum atomic E-state index is -0.303. The van der Waals surface area contributed by atoms with Crippen LogP contribution in [-0.2, 0) is 9.53 Å². The lowest BCUT2D eigenvalue weighted by Gasteiger charge is -2.21. The highest BCUT2D eigenvalue weighted by Gasteiger charge is 2.60. The van der Waals surface area contributed by atoms with Gasteiger partial charge in [0.05, 0.1) is 5.56 Å². The van der Waals surface area contributed by atoms with Gasteiger partial charge in [0.25, 0.3) is 5.91 Å². The molecule has 2 aliphatic heterocycles. The summed E-state index contributed by atoms with van der Waals surface area (Å²) in [7, 11) is 0. The highest BCUT2D eigenvalue weighted by molar-refractivity contribution is 5.94. The molecule has 7 nitrogen and oxygen atoms in total. The summed E-state index contributed by atoms with van der Waals surface area (Å²) in [5.74, 6) is 1.01. The molecule has 1 aliphatic carbocycles. The summed E-state index contributed by atoms with van der Waals surface area (Å²) in [5.41, 5.74) is 1.45. The van der Waals surface area contributed by atoms with Crippen molar-refractivity contribution in [3.63, 3.8) is 0 Å². The summed E-state index contributed by atoms with van der Waals surface area (Å²) < 4.78 is 5.44. The number of rotatable bonds is 5. The van der Waals surface area contributed by atoms with Crippen LogP contribution >= 0.6 is 0 Å². The third kappa shape index (κ3) is 3.51. The molecule has 1 aromatic carbocycles. The van der Waals surface area contributed by atoms with Gasteiger partial charge in [-0.2, -0.15) is 0 Å². The molecule has 2 saturated heterocycles. The molecule has 1 unspecified atom stereocenters. The molecule has 0 bridgehead atoms. The van der Waals surface area contributed by atoms with Crippen LogP contribution in [0.1, 0.15) is 29.6 Å². The second-order valence-corrected chi connectivity index (χ2v) is 8.33. The highest BCUT2D eigenvalue weighted by Crippen LogP contribution is 2.57. The first-order chi connectivity index (χ1) is 14.1. The van der Waals surface area contributed by atoms with Crippen molar-refractivity contribution in [2.24, 2.45) is 11.3 Å². The van der Waals surface area contributed by atoms with Gasteiger partial charge in [0, 0.05) is 49.6 Å². The molecular formula is C22H24N4O3. The van der Waals surface area contributed by atoms with Gasteiger partial charge in [-0.25, -0.2) is 9.97 Å². The minimum absolute atomic E-state index is 0.0165. The minimum Gasteiger partial charge on any atom is -0.368 e. The van der Waals surface area contributed by atoms with Crippen molar-refractivity contribution in [2.45, 2.75) is 25.4 Å². The largest absolute Gasteiger partial charge is 0.368 e. The smallest absolute Gasteiger partial charge is 0.257 e. The van der Waals surface area contributed by atoms with Gasteiger partial charge in [-0.1, -0.05) is 30.3 Å². The predicted molar refractivity (Wildman–Crippen MR) is 106 cm³/mol. The number of likely N-dealkylation sites (tertiary alicyclic amines) is 1. The summed E-state index contributed by atoms with van der Waals surface area (Å²) in [6.07, 6.45) is 5.71. The van der Waals surface area contributed by atoms with Gasteiger partial charge in [0.15, 0.2) is 5.82 Å². The monoisotopic (exact) mass is 392 g/mol. The second-order valence-electron chi connectivity index (χ2n) is 8.33. The molecule has 7 heteroatoms. The lowest BCUT2D eigenvalue weighted by atomic mass is 10.1. The first kappa shape index (κ1) is 18.2. The van der Waals surface area contributed by atoms with E-state index in [-0.39, 0.29) is 23.3 Å². The van der Waals surface area contributed by atoms with Crippen LogP contribution in [0.15, 0.2) is 42.7 Å². The van der Waals surface area contributed by atoms with Crippen molar-refractivity contribution < 1.29 is 14.3 Å². The van der Waals surface area contributed by atoms with E-state index in [0.717, 1.165) is 31.4 Å². The molecule has 3 aliphatic rings. The Hall–Kier alpha value is -2.80. The van der Waals surface area contributed by atoms with Gasteiger partial charge in [0.1, 0.15) is 6.10 Å². The van der Waals surface area contributed by atoms with E-state index in [0.29, 0.717) is 37.0 Å². The molecule has 150 valence electrons. The van der Waals surface area contributed by atoms with Gasteiger partial charge in [-0.15, -0.1) is 0 Å². The average molecular weight is 392 g/mol. The molecule has 0 radical (unpaired) electrons. The Balaban J connectivity index is 1.19. The zero-order valence-corrected chi connectivity index (χ0v) is 16.2. The van der Waals surface area contributed by atoms with Crippen molar-refractivity contribution in [1.82, 2.24) is 20.2 Å². The lowest BCUT2D eigenvalue weighted by molar-refractivity contribution is -0.130. The SMILES string of the molecule is O=C(NC[C@@]12C[C@@H]1CN(C(=O)c1cnc(-c3ccccc3)nc1)C2)C1CCCO1. The summed E-state index contributed by atoms with van der Waals surface area (Å²) >= 11 is 0. The maximum absolute atomic E-state index is 12.9. The number of fused-ring (bicyclic) bond motifs is 1. The van der Waals surface area contributed by atoms with Crippen LogP contribution < -0.4 is 5.32 Å². The van der Waals surface area contributed by atoms with Crippen LogP contribution in [0.3, 0.4) is 0 Å². The molecule has 3 fully saturated rings. The molecule has 29 heavy (non-hydrogen) atoms. The number of amides is 2. The van der Waals surface area contributed by atoms with E-state index in [9.17, 15) is 9.59 Å². The van der Waals surface area contributed by atoms with Crippen LogP contribution in [0.2, 0.25) is 0 Å². The van der Waals surface area contributed by atoms with Gasteiger partial charge < -0.3 is 15.0 Å². The normalized spacial score (nSPS) is 27.5. The van der Waals surface area contributed by atoms with Crippen LogP contribution in [0.25, 0.3) is 11.4 Å². The number of nitrogens with zero attached hydrogens (tertiary/aromatic N) is 3. The van der Waals surface area contributed by atoms with Crippen molar-refractivity contribution in [1.29, 1.82) is 0 Å². The Morgan fingerprint density at radius 3 is 2.72 bits per heavy atom. The Morgan fingerprint density at radius 2 is 2.00 bits per heavy atom. The van der Waals surface area contributed by atoms with Crippen molar-refractivity contribution >= 4 is 11.8 Å². The van der Waals surface area contributed by atoms with E-state index in [1.807, 2.05) is 35.2 Å². The number of ether oxygens (including phenoxy) is 1. The van der Waals surface area contributed by atoms with Crippen LogP contribution in [0, 0.1) is 11.3 Å². The average Bonchev–Trinajstić information content (AvgIpc) is 3.14. The fourth-order valence-electron chi connectivity index (χ4n) is 4.54. The number of piperidine rings is 1. The molecule has 3 atom stereocenters. The van der Waals surface area contributed by atoms with Crippen LogP contribution in [-0.4, -0.2) is 59.0 Å². The quantitative estimate of drug-likeness (QED) is 0.840. The van der Waals surface area contributed by atoms with Crippen molar-refractivity contribution in [3.8, 4) is 11.4 Å². The number of hydrogen-bond acceptors (Lipinski definition) is 5. The van der Waals surface area contributed by atoms with Gasteiger partial charge in [-0.3, -0.25) is 9.59 Å². The maximum atomic E-state index is 12.9. The predicted octanol–water partition coefficient (Wildman–Crippen LogP) is 1.90. The van der Waals surface area contributed by atoms with Crippen molar-refractivity contribution in [3.05, 3.63) is 48.3 Å². The fourth-order valence-corrected chi connectivity index (χ4v) is 4.54. The van der Waals surface area contributed by atoms with E-state index in [2.05, 4.69) is 15.3 Å². The maximum Gasteiger partial charge on any atom is 0.257 e. The Morgan fingerprint density at radius 1 is 1.21 bits per heavy atom. The van der Waals surface area contributed by atoms with E-state index in [4.69, 9.17) is 4.74 Å². The van der Waals surface area contributed by atoms with Crippen LogP contribution in [0.4, 0.5) is 0 Å². The number of benzene rings is 1. The third-order valence-electron chi connectivity index (χ3n) is 6.36. The highest BCUT2D eigenvalue weighted by atomic mass is 16.5. The summed E-state index contributed by atoms with van der Waals surface area (Å²) in [5, 5.41) is 3.05. The number of carbonyl (C=O) groups is 2. The van der Waals surface area contributed by atoms with E-state index in [1.165, 1.54) is 0 Å². The first-order valence-corrected chi connectivity index (χ1v) is 10.2. The zero-order valence-electron chi connectivity index (χ0n) is 16.2. The molecule has 2 aromatic rings. The molecular weight excluding hydrogens is 368 g/mol. The fraction of sp³-hybridized carbons (Fsp3) is 0.455. The third-order valence-corrected chi connectivity index (χ3v) is 6.36. The summed E-state index contributed by atoms with van der Waals surface area (Å²) in [6, 6.07) is 9.70. The van der Waals surface area contributed by atoms with E-state index >= 15 is 0 Å². The van der Waals surface area contributed by atoms with E-state index in [1.54, 1.807) is 12.4 Å². The van der Waals surface area contributed by atoms with E-state index < -0.39 is 0 Å². The molecule has 2 amide bonds. The number of nitrogens with one attached hydrogen (secondary N) is 1. The number of aromatic nitrogens is 2. The number of carbonyl (C=O) groups excluding carboxylic acids is 2. The van der Waals surface area contributed by atoms with Gasteiger partial charge >= 0.3 is 0 Å². The molecule has 1 saturated carbocycles. The number of hydrogen-bond donors (Lipinski definition) is 1. The molecule has 1 N–H and O–H groups in total. The Bertz CT molecular complexity index is 911. The van der Waals surface area contributed by atoms with Crippen LogP contribution in [0.5, 0.6) is 0 Å². The topological polar surface area (TPSA) is 84.4 Å². The first-order valence-electron chi connectivity index (χ1n) is 10.2. The lowest BCUT2D eigenvalue weighted by Crippen LogP contribution is -2.40. The summed E-state index contributed by atoms with van der Waals surface area (Å²) in [4.78, 5) is 35.7. The molecule has 1 aromatic heterocycles. The molecule has 3 heterocycles. The van der Waals surface area contributed by atoms with Gasteiger partial charge in [-0.05, 0) is 25.2 Å². The Labute approximate surface area is 169 Å². The second kappa shape index (κ2) is 7.22. The Kier molecular flexibility index (Phi) is 4.54. The molecule has 5 rings (SSSR count). The molecule has 0 spiro atoms. The van der Waals surface area contributed by atoms with Crippen molar-refractivity contribution in [2.75, 3.05) is 26.2 Å².